The van der Waals surface area contributed by atoms with Crippen molar-refractivity contribution in [1.82, 2.24) is 10.6 Å². The molecule has 2 fully saturated rings. The number of alkyl carbamates (subject to hydrolysis) is 2. The minimum atomic E-state index is -1.82. The largest absolute Gasteiger partial charge is 0.449 e. The van der Waals surface area contributed by atoms with Crippen molar-refractivity contribution in [1.29, 1.82) is 0 Å². The molecule has 2 amide bonds. The number of rotatable bonds is 18. The third kappa shape index (κ3) is 12.8. The predicted octanol–water partition coefficient (Wildman–Crippen LogP) is 6.51. The molecule has 0 saturated heterocycles. The van der Waals surface area contributed by atoms with Gasteiger partial charge in [-0.15, -0.1) is 0 Å². The Labute approximate surface area is 245 Å². The monoisotopic (exact) mass is 602 g/mol. The van der Waals surface area contributed by atoms with E-state index < -0.39 is 40.0 Å². The number of ether oxygens (including phenoxy) is 3. The summed E-state index contributed by atoms with van der Waals surface area (Å²) in [6, 6.07) is 0. The molecular formula is C29H58N2O7Si2. The third-order valence-corrected chi connectivity index (χ3v) is 9.94. The standard InChI is InChI=1S/C29H58N2O7Si2/c1-10-29(21-35-26(32)30-11-2,22-36-27(33)31-19-25-18-23-13-14-24(25)17-23)20-34-16-12-15-28(3,37-39(4,5)6)38-40(7,8)9/h23-25H,10-22H2,1-9H3,(H,30,32)(H,31,33)/t23?,24-,25?,29?/m1/s1. The van der Waals surface area contributed by atoms with Gasteiger partial charge >= 0.3 is 12.2 Å². The van der Waals surface area contributed by atoms with Gasteiger partial charge in [-0.1, -0.05) is 13.3 Å². The molecule has 2 bridgehead atoms. The van der Waals surface area contributed by atoms with Crippen LogP contribution in [0.4, 0.5) is 9.59 Å². The number of hydrogen-bond donors (Lipinski definition) is 2. The van der Waals surface area contributed by atoms with Gasteiger partial charge in [0.15, 0.2) is 16.6 Å². The molecule has 11 heteroatoms. The van der Waals surface area contributed by atoms with Crippen LogP contribution in [0.2, 0.25) is 39.3 Å². The first-order valence-electron chi connectivity index (χ1n) is 15.4. The first-order valence-corrected chi connectivity index (χ1v) is 22.2. The van der Waals surface area contributed by atoms with Gasteiger partial charge in [0.2, 0.25) is 0 Å². The van der Waals surface area contributed by atoms with E-state index in [0.29, 0.717) is 38.6 Å². The van der Waals surface area contributed by atoms with Gasteiger partial charge in [-0.3, -0.25) is 0 Å². The molecule has 0 heterocycles. The second kappa shape index (κ2) is 15.4. The lowest BCUT2D eigenvalue weighted by molar-refractivity contribution is -0.122. The molecule has 2 rings (SSSR count). The van der Waals surface area contributed by atoms with Gasteiger partial charge in [-0.25, -0.2) is 9.59 Å². The highest BCUT2D eigenvalue weighted by Crippen LogP contribution is 2.47. The summed E-state index contributed by atoms with van der Waals surface area (Å²) in [4.78, 5) is 24.7. The number of nitrogens with one attached hydrogen (secondary N) is 2. The Hall–Kier alpha value is -1.15. The summed E-state index contributed by atoms with van der Waals surface area (Å²) in [5, 5.41) is 5.64. The zero-order valence-electron chi connectivity index (χ0n) is 26.8. The topological polar surface area (TPSA) is 104 Å². The molecule has 2 aliphatic carbocycles. The van der Waals surface area contributed by atoms with E-state index in [1.807, 2.05) is 20.8 Å². The summed E-state index contributed by atoms with van der Waals surface area (Å²) >= 11 is 0. The molecule has 2 N–H and O–H groups in total. The summed E-state index contributed by atoms with van der Waals surface area (Å²) in [7, 11) is -3.64. The molecule has 0 aromatic carbocycles. The van der Waals surface area contributed by atoms with Gasteiger partial charge in [0, 0.05) is 26.1 Å². The van der Waals surface area contributed by atoms with Gasteiger partial charge in [-0.05, 0) is 103 Å². The summed E-state index contributed by atoms with van der Waals surface area (Å²) in [6.07, 6.45) is 6.35. The number of amides is 2. The third-order valence-electron chi connectivity index (χ3n) is 7.86. The van der Waals surface area contributed by atoms with Crippen LogP contribution in [0, 0.1) is 23.2 Å². The average molecular weight is 603 g/mol. The SMILES string of the molecule is CCNC(=O)OCC(CC)(COCCCC(C)(O[Si](C)(C)C)O[Si](C)(C)C)COC(=O)NCC1CC2CC[C@@H]1C2. The van der Waals surface area contributed by atoms with Crippen molar-refractivity contribution < 1.29 is 32.7 Å². The Balaban J connectivity index is 1.90. The Morgan fingerprint density at radius 1 is 0.850 bits per heavy atom. The van der Waals surface area contributed by atoms with Crippen molar-refractivity contribution in [2.75, 3.05) is 39.5 Å². The van der Waals surface area contributed by atoms with Crippen molar-refractivity contribution in [3.8, 4) is 0 Å². The quantitative estimate of drug-likeness (QED) is 0.105. The van der Waals surface area contributed by atoms with Crippen LogP contribution in [0.3, 0.4) is 0 Å². The van der Waals surface area contributed by atoms with E-state index in [4.69, 9.17) is 23.1 Å². The molecule has 0 aromatic heterocycles. The van der Waals surface area contributed by atoms with Gasteiger partial charge in [0.1, 0.15) is 19.0 Å². The van der Waals surface area contributed by atoms with E-state index in [2.05, 4.69) is 49.9 Å². The maximum Gasteiger partial charge on any atom is 0.407 e. The fraction of sp³-hybridized carbons (Fsp3) is 0.931. The van der Waals surface area contributed by atoms with Crippen molar-refractivity contribution in [3.05, 3.63) is 0 Å². The lowest BCUT2D eigenvalue weighted by atomic mass is 9.88. The fourth-order valence-corrected chi connectivity index (χ4v) is 9.12. The van der Waals surface area contributed by atoms with Crippen LogP contribution in [0.1, 0.15) is 65.7 Å². The lowest BCUT2D eigenvalue weighted by Gasteiger charge is -2.40. The highest BCUT2D eigenvalue weighted by molar-refractivity contribution is 6.71. The van der Waals surface area contributed by atoms with Gasteiger partial charge in [0.05, 0.1) is 12.0 Å². The molecule has 0 aromatic rings. The number of carbonyl (C=O) groups excluding carboxylic acids is 2. The van der Waals surface area contributed by atoms with Gasteiger partial charge < -0.3 is 33.7 Å². The Bertz CT molecular complexity index is 786. The number of hydrogen-bond acceptors (Lipinski definition) is 7. The average Bonchev–Trinajstić information content (AvgIpc) is 3.45. The van der Waals surface area contributed by atoms with E-state index in [9.17, 15) is 9.59 Å². The van der Waals surface area contributed by atoms with Crippen molar-refractivity contribution in [2.24, 2.45) is 23.2 Å². The number of carbonyl (C=O) groups is 2. The smallest absolute Gasteiger partial charge is 0.407 e. The lowest BCUT2D eigenvalue weighted by Crippen LogP contribution is -2.48. The Morgan fingerprint density at radius 3 is 1.93 bits per heavy atom. The second-order valence-corrected chi connectivity index (χ2v) is 22.9. The highest BCUT2D eigenvalue weighted by atomic mass is 28.4. The molecule has 9 nitrogen and oxygen atoms in total. The zero-order chi connectivity index (χ0) is 30.0. The summed E-state index contributed by atoms with van der Waals surface area (Å²) in [5.41, 5.74) is -0.637. The summed E-state index contributed by atoms with van der Waals surface area (Å²) < 4.78 is 30.2. The number of fused-ring (bicyclic) bond motifs is 2. The van der Waals surface area contributed by atoms with Crippen LogP contribution in [0.25, 0.3) is 0 Å². The maximum atomic E-state index is 12.6. The van der Waals surface area contributed by atoms with Crippen LogP contribution < -0.4 is 10.6 Å². The van der Waals surface area contributed by atoms with E-state index in [-0.39, 0.29) is 13.2 Å². The summed E-state index contributed by atoms with van der Waals surface area (Å²) in [6.45, 7) is 21.1. The minimum Gasteiger partial charge on any atom is -0.449 e. The summed E-state index contributed by atoms with van der Waals surface area (Å²) in [5.74, 6) is 1.51. The maximum absolute atomic E-state index is 12.6. The molecule has 0 spiro atoms. The molecule has 0 aliphatic heterocycles. The second-order valence-electron chi connectivity index (χ2n) is 14.1. The van der Waals surface area contributed by atoms with E-state index >= 15 is 0 Å². The molecule has 234 valence electrons. The first-order chi connectivity index (χ1) is 18.6. The van der Waals surface area contributed by atoms with Crippen molar-refractivity contribution in [3.63, 3.8) is 0 Å². The van der Waals surface area contributed by atoms with Crippen LogP contribution >= 0.6 is 0 Å². The first kappa shape index (κ1) is 35.1. The molecule has 2 saturated carbocycles. The van der Waals surface area contributed by atoms with E-state index in [0.717, 1.165) is 24.7 Å². The molecule has 0 radical (unpaired) electrons. The fourth-order valence-electron chi connectivity index (χ4n) is 6.16. The van der Waals surface area contributed by atoms with Gasteiger partial charge in [0.25, 0.3) is 0 Å². The van der Waals surface area contributed by atoms with Gasteiger partial charge in [-0.2, -0.15) is 0 Å². The van der Waals surface area contributed by atoms with Crippen molar-refractivity contribution in [2.45, 2.75) is 111 Å². The zero-order valence-corrected chi connectivity index (χ0v) is 28.8. The van der Waals surface area contributed by atoms with E-state index in [1.54, 1.807) is 0 Å². The van der Waals surface area contributed by atoms with Crippen LogP contribution in [-0.2, 0) is 23.1 Å². The minimum absolute atomic E-state index is 0.101. The Morgan fingerprint density at radius 2 is 1.45 bits per heavy atom. The molecule has 2 aliphatic rings. The van der Waals surface area contributed by atoms with Crippen LogP contribution in [-0.4, -0.2) is 74.1 Å². The molecule has 4 atom stereocenters. The van der Waals surface area contributed by atoms with Crippen LogP contribution in [0.5, 0.6) is 0 Å². The highest BCUT2D eigenvalue weighted by Gasteiger charge is 2.40. The normalized spacial score (nSPS) is 22.6. The molecular weight excluding hydrogens is 544 g/mol. The van der Waals surface area contributed by atoms with Crippen molar-refractivity contribution >= 4 is 28.8 Å². The molecule has 40 heavy (non-hydrogen) atoms. The molecule has 3 unspecified atom stereocenters. The van der Waals surface area contributed by atoms with E-state index in [1.165, 1.54) is 25.7 Å². The predicted molar refractivity (Wildman–Crippen MR) is 163 cm³/mol. The Kier molecular flexibility index (Phi) is 13.5. The van der Waals surface area contributed by atoms with Crippen LogP contribution in [0.15, 0.2) is 0 Å².